The van der Waals surface area contributed by atoms with Gasteiger partial charge < -0.3 is 9.88 Å². The molecule has 0 radical (unpaired) electrons. The number of hydrogen-bond donors (Lipinski definition) is 1. The zero-order chi connectivity index (χ0) is 13.3. The van der Waals surface area contributed by atoms with Crippen molar-refractivity contribution in [2.45, 2.75) is 45.1 Å². The Morgan fingerprint density at radius 3 is 3.00 bits per heavy atom. The molecule has 1 aliphatic rings. The molecule has 102 valence electrons. The summed E-state index contributed by atoms with van der Waals surface area (Å²) in [6.07, 6.45) is 7.34. The highest BCUT2D eigenvalue weighted by Crippen LogP contribution is 2.36. The maximum atomic E-state index is 4.92. The Hall–Kier alpha value is -1.42. The number of imidazole rings is 1. The Morgan fingerprint density at radius 2 is 2.32 bits per heavy atom. The van der Waals surface area contributed by atoms with Gasteiger partial charge in [0.05, 0.1) is 11.7 Å². The number of aryl methyl sites for hydroxylation is 1. The quantitative estimate of drug-likeness (QED) is 0.916. The van der Waals surface area contributed by atoms with E-state index in [0.717, 1.165) is 25.2 Å². The Balaban J connectivity index is 2.17. The van der Waals surface area contributed by atoms with E-state index in [-0.39, 0.29) is 5.41 Å². The summed E-state index contributed by atoms with van der Waals surface area (Å²) >= 11 is 0. The van der Waals surface area contributed by atoms with Crippen LogP contribution in [0.5, 0.6) is 0 Å². The number of fused-ring (bicyclic) bond motifs is 1. The van der Waals surface area contributed by atoms with Crippen LogP contribution in [0.15, 0.2) is 18.5 Å². The highest BCUT2D eigenvalue weighted by molar-refractivity contribution is 5.75. The van der Waals surface area contributed by atoms with Crippen molar-refractivity contribution >= 4 is 11.0 Å². The molecule has 19 heavy (non-hydrogen) atoms. The van der Waals surface area contributed by atoms with Crippen molar-refractivity contribution in [1.82, 2.24) is 19.9 Å². The van der Waals surface area contributed by atoms with Crippen LogP contribution < -0.4 is 5.32 Å². The lowest BCUT2D eigenvalue weighted by Crippen LogP contribution is -2.32. The second-order valence-electron chi connectivity index (χ2n) is 5.50. The first-order valence-electron chi connectivity index (χ1n) is 7.32. The Morgan fingerprint density at radius 1 is 1.42 bits per heavy atom. The lowest BCUT2D eigenvalue weighted by molar-refractivity contribution is 0.387. The van der Waals surface area contributed by atoms with E-state index >= 15 is 0 Å². The molecular formula is C15H22N4. The molecule has 0 bridgehead atoms. The smallest absolute Gasteiger partial charge is 0.117 e. The van der Waals surface area contributed by atoms with E-state index in [9.17, 15) is 0 Å². The minimum Gasteiger partial charge on any atom is -0.328 e. The first kappa shape index (κ1) is 12.6. The second kappa shape index (κ2) is 4.93. The van der Waals surface area contributed by atoms with Crippen LogP contribution in [-0.4, -0.2) is 27.6 Å². The minimum absolute atomic E-state index is 0.212. The zero-order valence-corrected chi connectivity index (χ0v) is 11.8. The first-order chi connectivity index (χ1) is 9.30. The summed E-state index contributed by atoms with van der Waals surface area (Å²) < 4.78 is 2.37. The molecule has 0 spiro atoms. The molecule has 4 nitrogen and oxygen atoms in total. The summed E-state index contributed by atoms with van der Waals surface area (Å²) in [6.45, 7) is 7.59. The average Bonchev–Trinajstić information content (AvgIpc) is 3.03. The third-order valence-electron chi connectivity index (χ3n) is 4.31. The van der Waals surface area contributed by atoms with E-state index in [1.54, 1.807) is 0 Å². The number of nitrogens with zero attached hydrogens (tertiary/aromatic N) is 3. The lowest BCUT2D eigenvalue weighted by atomic mass is 9.81. The van der Waals surface area contributed by atoms with Gasteiger partial charge in [0.25, 0.3) is 0 Å². The van der Waals surface area contributed by atoms with Gasteiger partial charge in [0, 0.05) is 24.7 Å². The van der Waals surface area contributed by atoms with Gasteiger partial charge in [0.15, 0.2) is 0 Å². The Labute approximate surface area is 114 Å². The van der Waals surface area contributed by atoms with Crippen LogP contribution in [0.2, 0.25) is 0 Å². The van der Waals surface area contributed by atoms with Gasteiger partial charge in [-0.15, -0.1) is 0 Å². The van der Waals surface area contributed by atoms with Crippen LogP contribution in [0.25, 0.3) is 11.0 Å². The van der Waals surface area contributed by atoms with Crippen LogP contribution in [0.4, 0.5) is 0 Å². The molecule has 0 saturated carbocycles. The molecular weight excluding hydrogens is 236 g/mol. The van der Waals surface area contributed by atoms with Crippen LogP contribution in [0.3, 0.4) is 0 Å². The van der Waals surface area contributed by atoms with Crippen molar-refractivity contribution < 1.29 is 0 Å². The molecule has 0 amide bonds. The van der Waals surface area contributed by atoms with E-state index in [1.807, 2.05) is 12.4 Å². The predicted octanol–water partition coefficient (Wildman–Crippen LogP) is 2.48. The van der Waals surface area contributed by atoms with Crippen LogP contribution in [-0.2, 0) is 12.0 Å². The maximum Gasteiger partial charge on any atom is 0.117 e. The number of pyridine rings is 1. The average molecular weight is 258 g/mol. The zero-order valence-electron chi connectivity index (χ0n) is 11.8. The summed E-state index contributed by atoms with van der Waals surface area (Å²) in [5, 5.41) is 3.52. The monoisotopic (exact) mass is 258 g/mol. The fourth-order valence-electron chi connectivity index (χ4n) is 3.45. The summed E-state index contributed by atoms with van der Waals surface area (Å²) in [4.78, 5) is 9.12. The van der Waals surface area contributed by atoms with Crippen LogP contribution in [0.1, 0.15) is 38.9 Å². The van der Waals surface area contributed by atoms with Gasteiger partial charge >= 0.3 is 0 Å². The van der Waals surface area contributed by atoms with E-state index in [0.29, 0.717) is 0 Å². The third kappa shape index (κ3) is 1.94. The van der Waals surface area contributed by atoms with Crippen molar-refractivity contribution in [3.05, 3.63) is 24.3 Å². The van der Waals surface area contributed by atoms with E-state index < -0.39 is 0 Å². The van der Waals surface area contributed by atoms with Gasteiger partial charge in [-0.2, -0.15) is 0 Å². The van der Waals surface area contributed by atoms with Crippen molar-refractivity contribution in [2.24, 2.45) is 0 Å². The number of aromatic nitrogens is 3. The first-order valence-corrected chi connectivity index (χ1v) is 7.32. The SMILES string of the molecule is CCCC1(c2nc3cnccc3n2CC)CCNC1. The van der Waals surface area contributed by atoms with Gasteiger partial charge in [-0.3, -0.25) is 4.98 Å². The van der Waals surface area contributed by atoms with Crippen LogP contribution >= 0.6 is 0 Å². The Kier molecular flexibility index (Phi) is 3.27. The van der Waals surface area contributed by atoms with E-state index in [2.05, 4.69) is 34.8 Å². The summed E-state index contributed by atoms with van der Waals surface area (Å²) in [5.41, 5.74) is 2.46. The molecule has 1 N–H and O–H groups in total. The van der Waals surface area contributed by atoms with Crippen molar-refractivity contribution in [3.63, 3.8) is 0 Å². The van der Waals surface area contributed by atoms with Crippen molar-refractivity contribution in [1.29, 1.82) is 0 Å². The third-order valence-corrected chi connectivity index (χ3v) is 4.31. The van der Waals surface area contributed by atoms with Gasteiger partial charge in [-0.1, -0.05) is 13.3 Å². The molecule has 3 rings (SSSR count). The number of hydrogen-bond acceptors (Lipinski definition) is 3. The summed E-state index contributed by atoms with van der Waals surface area (Å²) in [7, 11) is 0. The van der Waals surface area contributed by atoms with Gasteiger partial charge in [-0.05, 0) is 32.4 Å². The van der Waals surface area contributed by atoms with Crippen molar-refractivity contribution in [2.75, 3.05) is 13.1 Å². The van der Waals surface area contributed by atoms with Crippen LogP contribution in [0, 0.1) is 0 Å². The lowest BCUT2D eigenvalue weighted by Gasteiger charge is -2.28. The fraction of sp³-hybridized carbons (Fsp3) is 0.600. The molecule has 1 unspecified atom stereocenters. The standard InChI is InChI=1S/C15H22N4/c1-3-6-15(7-9-17-11-15)14-18-12-10-16-8-5-13(12)19(14)4-2/h5,8,10,17H,3-4,6-7,9,11H2,1-2H3. The number of rotatable bonds is 4. The normalized spacial score (nSPS) is 23.3. The van der Waals surface area contributed by atoms with Crippen molar-refractivity contribution in [3.8, 4) is 0 Å². The van der Waals surface area contributed by atoms with Gasteiger partial charge in [-0.25, -0.2) is 4.98 Å². The molecule has 1 fully saturated rings. The maximum absolute atomic E-state index is 4.92. The topological polar surface area (TPSA) is 42.7 Å². The predicted molar refractivity (Wildman–Crippen MR) is 77.3 cm³/mol. The second-order valence-corrected chi connectivity index (χ2v) is 5.50. The highest BCUT2D eigenvalue weighted by Gasteiger charge is 2.39. The minimum atomic E-state index is 0.212. The molecule has 1 aliphatic heterocycles. The fourth-order valence-corrected chi connectivity index (χ4v) is 3.45. The molecule has 0 aromatic carbocycles. The summed E-state index contributed by atoms with van der Waals surface area (Å²) in [5.74, 6) is 1.25. The molecule has 1 saturated heterocycles. The molecule has 1 atom stereocenters. The molecule has 2 aromatic heterocycles. The Bertz CT molecular complexity index is 567. The van der Waals surface area contributed by atoms with Gasteiger partial charge in [0.1, 0.15) is 11.3 Å². The molecule has 3 heterocycles. The largest absolute Gasteiger partial charge is 0.328 e. The highest BCUT2D eigenvalue weighted by atomic mass is 15.1. The van der Waals surface area contributed by atoms with Gasteiger partial charge in [0.2, 0.25) is 0 Å². The summed E-state index contributed by atoms with van der Waals surface area (Å²) in [6, 6.07) is 2.08. The number of nitrogens with one attached hydrogen (secondary N) is 1. The van der Waals surface area contributed by atoms with E-state index in [1.165, 1.54) is 30.6 Å². The molecule has 4 heteroatoms. The van der Waals surface area contributed by atoms with E-state index in [4.69, 9.17) is 4.98 Å². The molecule has 2 aromatic rings. The molecule has 0 aliphatic carbocycles.